The fourth-order valence-corrected chi connectivity index (χ4v) is 2.44. The number of rotatable bonds is 1. The van der Waals surface area contributed by atoms with Crippen molar-refractivity contribution in [3.05, 3.63) is 23.8 Å². The van der Waals surface area contributed by atoms with Crippen LogP contribution >= 0.6 is 0 Å². The van der Waals surface area contributed by atoms with Crippen molar-refractivity contribution in [3.63, 3.8) is 0 Å². The second-order valence-electron chi connectivity index (χ2n) is 4.62. The molecule has 1 aromatic carbocycles. The molecule has 1 atom stereocenters. The molecular formula is C13H11N5O2. The molecule has 0 saturated carbocycles. The smallest absolute Gasteiger partial charge is 0.249 e. The summed E-state index contributed by atoms with van der Waals surface area (Å²) in [4.78, 5) is 27.3. The lowest BCUT2D eigenvalue weighted by atomic mass is 10.1. The Balaban J connectivity index is 2.15. The third-order valence-corrected chi connectivity index (χ3v) is 3.37. The minimum absolute atomic E-state index is 0.199. The van der Waals surface area contributed by atoms with Gasteiger partial charge in [0.15, 0.2) is 0 Å². The van der Waals surface area contributed by atoms with E-state index < -0.39 is 11.9 Å². The van der Waals surface area contributed by atoms with Crippen molar-refractivity contribution in [1.82, 2.24) is 14.9 Å². The highest BCUT2D eigenvalue weighted by Gasteiger charge is 2.30. The number of nitrogens with one attached hydrogen (secondary N) is 1. The summed E-state index contributed by atoms with van der Waals surface area (Å²) in [5.41, 5.74) is 7.58. The van der Waals surface area contributed by atoms with E-state index in [9.17, 15) is 9.59 Å². The summed E-state index contributed by atoms with van der Waals surface area (Å²) in [6.07, 6.45) is 0.630. The Bertz CT molecular complexity index is 771. The number of anilines is 1. The predicted octanol–water partition coefficient (Wildman–Crippen LogP) is 0.468. The number of amides is 2. The number of nitrogens with two attached hydrogens (primary N) is 1. The topological polar surface area (TPSA) is 114 Å². The summed E-state index contributed by atoms with van der Waals surface area (Å²) in [6, 6.07) is 6.43. The first-order valence-corrected chi connectivity index (χ1v) is 6.11. The van der Waals surface area contributed by atoms with Gasteiger partial charge in [0.2, 0.25) is 17.8 Å². The number of nitrogen functional groups attached to an aromatic ring is 1. The molecule has 7 nitrogen and oxygen atoms in total. The van der Waals surface area contributed by atoms with Gasteiger partial charge in [-0.15, -0.1) is 0 Å². The lowest BCUT2D eigenvalue weighted by Crippen LogP contribution is -2.41. The zero-order valence-corrected chi connectivity index (χ0v) is 10.5. The molecule has 3 rings (SSSR count). The number of hydrogen-bond donors (Lipinski definition) is 2. The van der Waals surface area contributed by atoms with Gasteiger partial charge < -0.3 is 5.73 Å². The van der Waals surface area contributed by atoms with Gasteiger partial charge in [0.1, 0.15) is 6.04 Å². The minimum atomic E-state index is -0.577. The predicted molar refractivity (Wildman–Crippen MR) is 70.3 cm³/mol. The van der Waals surface area contributed by atoms with Crippen molar-refractivity contribution in [2.75, 3.05) is 5.73 Å². The van der Waals surface area contributed by atoms with Crippen molar-refractivity contribution in [1.29, 1.82) is 5.26 Å². The third kappa shape index (κ3) is 1.78. The second kappa shape index (κ2) is 4.35. The molecule has 2 amide bonds. The molecular weight excluding hydrogens is 258 g/mol. The number of nitriles is 1. The molecule has 1 fully saturated rings. The van der Waals surface area contributed by atoms with Gasteiger partial charge in [-0.2, -0.15) is 5.26 Å². The molecule has 100 valence electrons. The van der Waals surface area contributed by atoms with Crippen LogP contribution in [0, 0.1) is 11.3 Å². The van der Waals surface area contributed by atoms with E-state index in [1.54, 1.807) is 22.8 Å². The van der Waals surface area contributed by atoms with E-state index in [0.29, 0.717) is 23.0 Å². The Hall–Kier alpha value is -2.88. The number of aromatic nitrogens is 2. The molecule has 3 N–H and O–H groups in total. The van der Waals surface area contributed by atoms with Gasteiger partial charge in [-0.3, -0.25) is 19.5 Å². The zero-order chi connectivity index (χ0) is 14.3. The molecule has 0 bridgehead atoms. The van der Waals surface area contributed by atoms with E-state index in [-0.39, 0.29) is 18.3 Å². The van der Waals surface area contributed by atoms with E-state index in [4.69, 9.17) is 11.0 Å². The van der Waals surface area contributed by atoms with E-state index in [2.05, 4.69) is 10.3 Å². The first-order valence-electron chi connectivity index (χ1n) is 6.11. The molecule has 1 aliphatic rings. The fraction of sp³-hybridized carbons (Fsp3) is 0.231. The van der Waals surface area contributed by atoms with Gasteiger partial charge >= 0.3 is 0 Å². The van der Waals surface area contributed by atoms with Crippen LogP contribution in [0.15, 0.2) is 18.2 Å². The maximum Gasteiger partial charge on any atom is 0.249 e. The number of imide groups is 1. The van der Waals surface area contributed by atoms with E-state index >= 15 is 0 Å². The molecule has 0 radical (unpaired) electrons. The SMILES string of the molecule is N#Cc1ccc2nc(N)n(C3CCC(=O)NC3=O)c2c1. The van der Waals surface area contributed by atoms with Crippen molar-refractivity contribution < 1.29 is 9.59 Å². The standard InChI is InChI=1S/C13H11N5O2/c14-6-7-1-2-8-10(5-7)18(13(15)16-8)9-3-4-11(19)17-12(9)20/h1-2,5,9H,3-4H2,(H2,15,16)(H,17,19,20). The van der Waals surface area contributed by atoms with Gasteiger partial charge in [-0.1, -0.05) is 0 Å². The lowest BCUT2D eigenvalue weighted by molar-refractivity contribution is -0.135. The highest BCUT2D eigenvalue weighted by molar-refractivity contribution is 6.00. The Morgan fingerprint density at radius 2 is 2.25 bits per heavy atom. The molecule has 20 heavy (non-hydrogen) atoms. The van der Waals surface area contributed by atoms with Gasteiger partial charge in [0.05, 0.1) is 22.7 Å². The Kier molecular flexibility index (Phi) is 2.64. The third-order valence-electron chi connectivity index (χ3n) is 3.37. The van der Waals surface area contributed by atoms with Crippen LogP contribution in [-0.2, 0) is 9.59 Å². The molecule has 7 heteroatoms. The second-order valence-corrected chi connectivity index (χ2v) is 4.62. The highest BCUT2D eigenvalue weighted by Crippen LogP contribution is 2.28. The van der Waals surface area contributed by atoms with Gasteiger partial charge in [-0.25, -0.2) is 4.98 Å². The summed E-state index contributed by atoms with van der Waals surface area (Å²) in [5.74, 6) is -0.480. The van der Waals surface area contributed by atoms with Crippen molar-refractivity contribution >= 4 is 28.8 Å². The zero-order valence-electron chi connectivity index (χ0n) is 10.5. The number of carbonyl (C=O) groups is 2. The normalized spacial score (nSPS) is 18.9. The van der Waals surface area contributed by atoms with E-state index in [0.717, 1.165) is 0 Å². The molecule has 0 aliphatic carbocycles. The maximum absolute atomic E-state index is 12.0. The largest absolute Gasteiger partial charge is 0.369 e. The number of fused-ring (bicyclic) bond motifs is 1. The van der Waals surface area contributed by atoms with Crippen LogP contribution in [0.25, 0.3) is 11.0 Å². The first kappa shape index (κ1) is 12.2. The van der Waals surface area contributed by atoms with Crippen molar-refractivity contribution in [2.24, 2.45) is 0 Å². The Morgan fingerprint density at radius 1 is 1.45 bits per heavy atom. The summed E-state index contributed by atoms with van der Waals surface area (Å²) in [7, 11) is 0. The van der Waals surface area contributed by atoms with Crippen LogP contribution in [0.3, 0.4) is 0 Å². The number of imidazole rings is 1. The van der Waals surface area contributed by atoms with Crippen molar-refractivity contribution in [2.45, 2.75) is 18.9 Å². The number of hydrogen-bond acceptors (Lipinski definition) is 5. The Labute approximate surface area is 114 Å². The van der Waals surface area contributed by atoms with Crippen LogP contribution in [0.5, 0.6) is 0 Å². The van der Waals surface area contributed by atoms with E-state index in [1.165, 1.54) is 0 Å². The van der Waals surface area contributed by atoms with E-state index in [1.807, 2.05) is 6.07 Å². The van der Waals surface area contributed by atoms with Crippen LogP contribution in [0.4, 0.5) is 5.95 Å². The highest BCUT2D eigenvalue weighted by atomic mass is 16.2. The first-order chi connectivity index (χ1) is 9.60. The monoisotopic (exact) mass is 269 g/mol. The number of nitrogens with zero attached hydrogens (tertiary/aromatic N) is 3. The number of piperidine rings is 1. The number of benzene rings is 1. The Morgan fingerprint density at radius 3 is 2.95 bits per heavy atom. The van der Waals surface area contributed by atoms with Gasteiger partial charge in [0.25, 0.3) is 0 Å². The van der Waals surface area contributed by atoms with Crippen LogP contribution in [-0.4, -0.2) is 21.4 Å². The van der Waals surface area contributed by atoms with Gasteiger partial charge in [0, 0.05) is 6.42 Å². The average Bonchev–Trinajstić information content (AvgIpc) is 2.74. The minimum Gasteiger partial charge on any atom is -0.369 e. The molecule has 1 aromatic heterocycles. The molecule has 1 aliphatic heterocycles. The van der Waals surface area contributed by atoms with Gasteiger partial charge in [-0.05, 0) is 24.6 Å². The molecule has 2 heterocycles. The molecule has 1 unspecified atom stereocenters. The van der Waals surface area contributed by atoms with Crippen LogP contribution in [0.1, 0.15) is 24.4 Å². The summed E-state index contributed by atoms with van der Waals surface area (Å²) in [5, 5.41) is 11.2. The van der Waals surface area contributed by atoms with Crippen LogP contribution in [0.2, 0.25) is 0 Å². The van der Waals surface area contributed by atoms with Crippen LogP contribution < -0.4 is 11.1 Å². The lowest BCUT2D eigenvalue weighted by Gasteiger charge is -2.23. The molecule has 1 saturated heterocycles. The average molecular weight is 269 g/mol. The van der Waals surface area contributed by atoms with Crippen molar-refractivity contribution in [3.8, 4) is 6.07 Å². The summed E-state index contributed by atoms with van der Waals surface area (Å²) in [6.45, 7) is 0. The molecule has 0 spiro atoms. The summed E-state index contributed by atoms with van der Waals surface area (Å²) < 4.78 is 1.58. The molecule has 2 aromatic rings. The summed E-state index contributed by atoms with van der Waals surface area (Å²) >= 11 is 0. The quantitative estimate of drug-likeness (QED) is 0.730. The number of carbonyl (C=O) groups excluding carboxylic acids is 2. The maximum atomic E-state index is 12.0. The fourth-order valence-electron chi connectivity index (χ4n) is 2.44.